The maximum atomic E-state index is 10.2. The Morgan fingerprint density at radius 3 is 2.00 bits per heavy atom. The first-order valence-electron chi connectivity index (χ1n) is 2.59. The third kappa shape index (κ3) is 2.68. The van der Waals surface area contributed by atoms with E-state index in [2.05, 4.69) is 0 Å². The quantitative estimate of drug-likeness (QED) is 0.848. The molecular formula is C7H6ErO2. The third-order valence-electron chi connectivity index (χ3n) is 1.02. The second kappa shape index (κ2) is 4.71. The van der Waals surface area contributed by atoms with E-state index in [-0.39, 0.29) is 37.3 Å². The SMILES string of the molecule is O=C(O)c1ccccc1.[Er]. The molecule has 1 rings (SSSR count). The number of rotatable bonds is 1. The second-order valence-corrected chi connectivity index (χ2v) is 1.67. The summed E-state index contributed by atoms with van der Waals surface area (Å²) in [5, 5.41) is 8.38. The molecule has 0 saturated heterocycles. The number of hydrogen-bond acceptors (Lipinski definition) is 1. The van der Waals surface area contributed by atoms with Gasteiger partial charge in [0.05, 0.1) is 5.56 Å². The normalized spacial score (nSPS) is 8.00. The molecule has 0 fully saturated rings. The topological polar surface area (TPSA) is 37.3 Å². The van der Waals surface area contributed by atoms with E-state index in [0.717, 1.165) is 0 Å². The van der Waals surface area contributed by atoms with Gasteiger partial charge in [-0.05, 0) is 12.1 Å². The van der Waals surface area contributed by atoms with Gasteiger partial charge in [-0.1, -0.05) is 18.2 Å². The van der Waals surface area contributed by atoms with Gasteiger partial charge < -0.3 is 5.11 Å². The molecule has 3 heteroatoms. The number of carbonyl (C=O) groups is 1. The Morgan fingerprint density at radius 2 is 1.70 bits per heavy atom. The Kier molecular flexibility index (Phi) is 4.68. The molecule has 0 saturated carbocycles. The predicted molar refractivity (Wildman–Crippen MR) is 33.4 cm³/mol. The Labute approximate surface area is 88.5 Å². The van der Waals surface area contributed by atoms with E-state index in [0.29, 0.717) is 5.56 Å². The fourth-order valence-electron chi connectivity index (χ4n) is 0.581. The number of hydrogen-bond donors (Lipinski definition) is 1. The van der Waals surface area contributed by atoms with Gasteiger partial charge in [-0.2, -0.15) is 0 Å². The van der Waals surface area contributed by atoms with Crippen molar-refractivity contribution in [1.29, 1.82) is 0 Å². The molecule has 0 amide bonds. The van der Waals surface area contributed by atoms with Crippen LogP contribution in [0.5, 0.6) is 0 Å². The molecule has 0 heterocycles. The summed E-state index contributed by atoms with van der Waals surface area (Å²) in [6.45, 7) is 0. The summed E-state index contributed by atoms with van der Waals surface area (Å²) in [5.41, 5.74) is 0.331. The third-order valence-corrected chi connectivity index (χ3v) is 1.02. The molecule has 0 aromatic heterocycles. The minimum Gasteiger partial charge on any atom is -0.478 e. The van der Waals surface area contributed by atoms with E-state index < -0.39 is 5.97 Å². The van der Waals surface area contributed by atoms with Crippen molar-refractivity contribution in [2.75, 3.05) is 0 Å². The van der Waals surface area contributed by atoms with Crippen LogP contribution in [-0.4, -0.2) is 11.1 Å². The summed E-state index contributed by atoms with van der Waals surface area (Å²) in [5.74, 6) is -0.879. The average Bonchev–Trinajstić information content (AvgIpc) is 1.90. The molecular weight excluding hydrogens is 283 g/mol. The monoisotopic (exact) mass is 288 g/mol. The van der Waals surface area contributed by atoms with Crippen LogP contribution < -0.4 is 0 Å². The van der Waals surface area contributed by atoms with Gasteiger partial charge >= 0.3 is 5.97 Å². The van der Waals surface area contributed by atoms with Crippen molar-refractivity contribution < 1.29 is 47.2 Å². The van der Waals surface area contributed by atoms with Gasteiger partial charge in [0.15, 0.2) is 0 Å². The molecule has 0 aliphatic heterocycles. The molecule has 1 aromatic carbocycles. The van der Waals surface area contributed by atoms with Crippen LogP contribution in [0.2, 0.25) is 0 Å². The molecule has 1 N–H and O–H groups in total. The van der Waals surface area contributed by atoms with Crippen molar-refractivity contribution in [2.45, 2.75) is 0 Å². The zero-order valence-electron chi connectivity index (χ0n) is 5.03. The van der Waals surface area contributed by atoms with Crippen LogP contribution in [0.3, 0.4) is 0 Å². The largest absolute Gasteiger partial charge is 0.478 e. The zero-order chi connectivity index (χ0) is 6.69. The van der Waals surface area contributed by atoms with Crippen LogP contribution in [-0.2, 0) is 0 Å². The van der Waals surface area contributed by atoms with Crippen molar-refractivity contribution >= 4 is 5.97 Å². The Balaban J connectivity index is 0.000000810. The van der Waals surface area contributed by atoms with E-state index >= 15 is 0 Å². The summed E-state index contributed by atoms with van der Waals surface area (Å²) in [6, 6.07) is 8.30. The van der Waals surface area contributed by atoms with Crippen molar-refractivity contribution in [3.8, 4) is 0 Å². The van der Waals surface area contributed by atoms with E-state index in [9.17, 15) is 4.79 Å². The van der Waals surface area contributed by atoms with Crippen LogP contribution in [0.15, 0.2) is 30.3 Å². The van der Waals surface area contributed by atoms with Crippen LogP contribution >= 0.6 is 0 Å². The molecule has 0 unspecified atom stereocenters. The predicted octanol–water partition coefficient (Wildman–Crippen LogP) is 1.38. The van der Waals surface area contributed by atoms with Gasteiger partial charge in [0.1, 0.15) is 0 Å². The molecule has 0 radical (unpaired) electrons. The maximum absolute atomic E-state index is 10.2. The summed E-state index contributed by atoms with van der Waals surface area (Å²) in [6.07, 6.45) is 0. The van der Waals surface area contributed by atoms with Gasteiger partial charge in [-0.25, -0.2) is 4.79 Å². The number of aromatic carboxylic acids is 1. The number of benzene rings is 1. The standard InChI is InChI=1S/C7H6O2.Er/c8-7(9)6-4-2-1-3-5-6;/h1-5H,(H,8,9);. The average molecular weight is 289 g/mol. The molecule has 0 aliphatic rings. The van der Waals surface area contributed by atoms with Crippen molar-refractivity contribution in [2.24, 2.45) is 0 Å². The van der Waals surface area contributed by atoms with Gasteiger partial charge in [-0.15, -0.1) is 0 Å². The first kappa shape index (κ1) is 9.94. The van der Waals surface area contributed by atoms with Gasteiger partial charge in [-0.3, -0.25) is 0 Å². The minimum absolute atomic E-state index is 0. The smallest absolute Gasteiger partial charge is 0.335 e. The summed E-state index contributed by atoms with van der Waals surface area (Å²) < 4.78 is 0. The second-order valence-electron chi connectivity index (χ2n) is 1.67. The molecule has 0 spiro atoms. The van der Waals surface area contributed by atoms with Crippen LogP contribution in [0.4, 0.5) is 0 Å². The zero-order valence-corrected chi connectivity index (χ0v) is 6.88. The summed E-state index contributed by atoms with van der Waals surface area (Å²) >= 11 is 0. The molecule has 2 nitrogen and oxygen atoms in total. The molecule has 58 valence electrons. The maximum Gasteiger partial charge on any atom is 0.335 e. The van der Waals surface area contributed by atoms with E-state index in [1.807, 2.05) is 0 Å². The first-order chi connectivity index (χ1) is 4.30. The molecule has 0 bridgehead atoms. The van der Waals surface area contributed by atoms with Crippen LogP contribution in [0.1, 0.15) is 10.4 Å². The fraction of sp³-hybridized carbons (Fsp3) is 0. The minimum atomic E-state index is -0.879. The Hall–Kier alpha value is -0.0632. The summed E-state index contributed by atoms with van der Waals surface area (Å²) in [7, 11) is 0. The molecule has 0 aliphatic carbocycles. The number of carboxylic acids is 1. The fourth-order valence-corrected chi connectivity index (χ4v) is 0.581. The van der Waals surface area contributed by atoms with E-state index in [1.54, 1.807) is 30.3 Å². The van der Waals surface area contributed by atoms with E-state index in [1.165, 1.54) is 0 Å². The van der Waals surface area contributed by atoms with Gasteiger partial charge in [0.25, 0.3) is 0 Å². The van der Waals surface area contributed by atoms with Gasteiger partial charge in [0, 0.05) is 37.3 Å². The van der Waals surface area contributed by atoms with Crippen LogP contribution in [0.25, 0.3) is 0 Å². The molecule has 0 atom stereocenters. The number of carboxylic acid groups (broad SMARTS) is 1. The van der Waals surface area contributed by atoms with Crippen molar-refractivity contribution in [1.82, 2.24) is 0 Å². The van der Waals surface area contributed by atoms with Gasteiger partial charge in [0.2, 0.25) is 0 Å². The Morgan fingerprint density at radius 1 is 1.20 bits per heavy atom. The summed E-state index contributed by atoms with van der Waals surface area (Å²) in [4.78, 5) is 10.2. The first-order valence-corrected chi connectivity index (χ1v) is 2.59. The van der Waals surface area contributed by atoms with E-state index in [4.69, 9.17) is 5.11 Å². The van der Waals surface area contributed by atoms with Crippen LogP contribution in [0, 0.1) is 37.3 Å². The van der Waals surface area contributed by atoms with Crippen molar-refractivity contribution in [3.05, 3.63) is 35.9 Å². The van der Waals surface area contributed by atoms with Crippen molar-refractivity contribution in [3.63, 3.8) is 0 Å². The Bertz CT molecular complexity index is 208. The molecule has 1 aromatic rings. The molecule has 10 heavy (non-hydrogen) atoms.